The fraction of sp³-hybridized carbons (Fsp3) is 0.773. The Hall–Kier alpha value is -0.880. The molecule has 0 bridgehead atoms. The molecule has 0 radical (unpaired) electrons. The number of ether oxygens (including phenoxy) is 3. The second kappa shape index (κ2) is 16.7. The SMILES string of the molecule is I.c1coc(CCNC(=NCCCOCC2CCOCC2)NCCN2CCOCC2)c1. The van der Waals surface area contributed by atoms with E-state index in [0.29, 0.717) is 5.92 Å². The topological polar surface area (TPSA) is 80.5 Å². The highest BCUT2D eigenvalue weighted by molar-refractivity contribution is 14.0. The molecule has 8 nitrogen and oxygen atoms in total. The third-order valence-electron chi connectivity index (χ3n) is 5.48. The van der Waals surface area contributed by atoms with Gasteiger partial charge in [-0.05, 0) is 37.3 Å². The molecule has 0 unspecified atom stereocenters. The normalized spacial score (nSPS) is 18.5. The van der Waals surface area contributed by atoms with Crippen molar-refractivity contribution >= 4 is 29.9 Å². The average Bonchev–Trinajstić information content (AvgIpc) is 3.31. The first-order valence-corrected chi connectivity index (χ1v) is 11.4. The number of guanidine groups is 1. The Morgan fingerprint density at radius 1 is 1.10 bits per heavy atom. The molecule has 0 atom stereocenters. The van der Waals surface area contributed by atoms with Crippen molar-refractivity contribution < 1.29 is 18.6 Å². The molecule has 1 aromatic heterocycles. The molecule has 2 fully saturated rings. The Labute approximate surface area is 203 Å². The van der Waals surface area contributed by atoms with Crippen molar-refractivity contribution in [1.82, 2.24) is 15.5 Å². The number of morpholine rings is 1. The van der Waals surface area contributed by atoms with Crippen molar-refractivity contribution in [2.75, 3.05) is 78.9 Å². The quantitative estimate of drug-likeness (QED) is 0.179. The number of halogens is 1. The minimum Gasteiger partial charge on any atom is -0.469 e. The molecule has 2 saturated heterocycles. The van der Waals surface area contributed by atoms with Gasteiger partial charge in [0.05, 0.1) is 19.5 Å². The van der Waals surface area contributed by atoms with E-state index in [1.54, 1.807) is 6.26 Å². The van der Waals surface area contributed by atoms with Gasteiger partial charge in [0.1, 0.15) is 5.76 Å². The summed E-state index contributed by atoms with van der Waals surface area (Å²) in [6.45, 7) is 10.4. The minimum absolute atomic E-state index is 0. The van der Waals surface area contributed by atoms with Gasteiger partial charge in [0.2, 0.25) is 0 Å². The molecule has 0 spiro atoms. The van der Waals surface area contributed by atoms with Gasteiger partial charge in [0, 0.05) is 72.1 Å². The molecule has 3 heterocycles. The van der Waals surface area contributed by atoms with Crippen LogP contribution in [0.25, 0.3) is 0 Å². The molecule has 31 heavy (non-hydrogen) atoms. The molecule has 0 aromatic carbocycles. The Bertz CT molecular complexity index is 576. The summed E-state index contributed by atoms with van der Waals surface area (Å²) in [5.41, 5.74) is 0. The molecule has 2 N–H and O–H groups in total. The van der Waals surface area contributed by atoms with Crippen molar-refractivity contribution in [3.05, 3.63) is 24.2 Å². The van der Waals surface area contributed by atoms with E-state index in [2.05, 4.69) is 15.5 Å². The number of nitrogens with zero attached hydrogens (tertiary/aromatic N) is 2. The Balaban J connectivity index is 0.00000341. The largest absolute Gasteiger partial charge is 0.469 e. The van der Waals surface area contributed by atoms with Crippen LogP contribution in [0.5, 0.6) is 0 Å². The molecule has 2 aliphatic heterocycles. The van der Waals surface area contributed by atoms with Gasteiger partial charge in [0.25, 0.3) is 0 Å². The summed E-state index contributed by atoms with van der Waals surface area (Å²) in [7, 11) is 0. The predicted octanol–water partition coefficient (Wildman–Crippen LogP) is 2.14. The maximum atomic E-state index is 5.85. The highest BCUT2D eigenvalue weighted by atomic mass is 127. The first-order valence-electron chi connectivity index (χ1n) is 11.4. The summed E-state index contributed by atoms with van der Waals surface area (Å²) in [4.78, 5) is 7.15. The van der Waals surface area contributed by atoms with Gasteiger partial charge in [-0.15, -0.1) is 24.0 Å². The van der Waals surface area contributed by atoms with E-state index in [9.17, 15) is 0 Å². The highest BCUT2D eigenvalue weighted by Gasteiger charge is 2.13. The monoisotopic (exact) mass is 550 g/mol. The summed E-state index contributed by atoms with van der Waals surface area (Å²) in [5.74, 6) is 2.50. The lowest BCUT2D eigenvalue weighted by atomic mass is 10.0. The third-order valence-corrected chi connectivity index (χ3v) is 5.48. The van der Waals surface area contributed by atoms with Gasteiger partial charge in [-0.2, -0.15) is 0 Å². The van der Waals surface area contributed by atoms with Crippen LogP contribution in [0.15, 0.2) is 27.8 Å². The average molecular weight is 550 g/mol. The van der Waals surface area contributed by atoms with Crippen LogP contribution in [0.3, 0.4) is 0 Å². The van der Waals surface area contributed by atoms with Crippen LogP contribution in [0, 0.1) is 5.92 Å². The van der Waals surface area contributed by atoms with Gasteiger partial charge in [-0.3, -0.25) is 9.89 Å². The van der Waals surface area contributed by atoms with Crippen molar-refractivity contribution in [2.24, 2.45) is 10.9 Å². The van der Waals surface area contributed by atoms with Gasteiger partial charge in [-0.1, -0.05) is 0 Å². The number of nitrogens with one attached hydrogen (secondary N) is 2. The first kappa shape index (κ1) is 26.4. The van der Waals surface area contributed by atoms with E-state index in [1.807, 2.05) is 12.1 Å². The third kappa shape index (κ3) is 11.5. The molecule has 178 valence electrons. The number of hydrogen-bond acceptors (Lipinski definition) is 6. The molecule has 9 heteroatoms. The van der Waals surface area contributed by atoms with Crippen LogP contribution in [-0.2, 0) is 20.6 Å². The van der Waals surface area contributed by atoms with Crippen LogP contribution < -0.4 is 10.6 Å². The van der Waals surface area contributed by atoms with E-state index in [0.717, 1.165) is 116 Å². The summed E-state index contributed by atoms with van der Waals surface area (Å²) in [6, 6.07) is 3.92. The summed E-state index contributed by atoms with van der Waals surface area (Å²) in [6.07, 6.45) is 5.72. The Morgan fingerprint density at radius 2 is 1.87 bits per heavy atom. The van der Waals surface area contributed by atoms with Crippen LogP contribution in [0.1, 0.15) is 25.0 Å². The van der Waals surface area contributed by atoms with E-state index >= 15 is 0 Å². The number of hydrogen-bond donors (Lipinski definition) is 2. The fourth-order valence-corrected chi connectivity index (χ4v) is 3.61. The van der Waals surface area contributed by atoms with E-state index in [1.165, 1.54) is 0 Å². The smallest absolute Gasteiger partial charge is 0.191 e. The zero-order valence-corrected chi connectivity index (χ0v) is 20.9. The molecule has 1 aromatic rings. The second-order valence-electron chi connectivity index (χ2n) is 7.85. The van der Waals surface area contributed by atoms with Gasteiger partial charge < -0.3 is 29.3 Å². The second-order valence-corrected chi connectivity index (χ2v) is 7.85. The van der Waals surface area contributed by atoms with Crippen molar-refractivity contribution in [3.8, 4) is 0 Å². The maximum Gasteiger partial charge on any atom is 0.191 e. The number of furan rings is 1. The number of rotatable bonds is 12. The maximum absolute atomic E-state index is 5.85. The molecular formula is C22H39IN4O4. The Morgan fingerprint density at radius 3 is 2.65 bits per heavy atom. The van der Waals surface area contributed by atoms with Crippen LogP contribution in [0.4, 0.5) is 0 Å². The lowest BCUT2D eigenvalue weighted by molar-refractivity contribution is 0.0205. The van der Waals surface area contributed by atoms with Gasteiger partial charge in [-0.25, -0.2) is 0 Å². The standard InChI is InChI=1S/C22H38N4O4.HI/c1-3-21(30-14-1)4-8-24-22(25-9-10-26-11-17-28-18-12-26)23-7-2-13-29-19-20-5-15-27-16-6-20;/h1,3,14,20H,2,4-13,15-19H2,(H2,23,24,25);1H. The molecule has 0 amide bonds. The first-order chi connectivity index (χ1) is 14.9. The highest BCUT2D eigenvalue weighted by Crippen LogP contribution is 2.14. The molecule has 0 aliphatic carbocycles. The predicted molar refractivity (Wildman–Crippen MR) is 132 cm³/mol. The molecule has 3 rings (SSSR count). The summed E-state index contributed by atoms with van der Waals surface area (Å²) >= 11 is 0. The summed E-state index contributed by atoms with van der Waals surface area (Å²) < 4.78 is 22.1. The van der Waals surface area contributed by atoms with E-state index < -0.39 is 0 Å². The lowest BCUT2D eigenvalue weighted by Gasteiger charge is -2.26. The van der Waals surface area contributed by atoms with E-state index in [4.69, 9.17) is 23.6 Å². The summed E-state index contributed by atoms with van der Waals surface area (Å²) in [5, 5.41) is 6.88. The Kier molecular flexibility index (Phi) is 14.2. The van der Waals surface area contributed by atoms with Gasteiger partial charge in [0.15, 0.2) is 5.96 Å². The molecule has 2 aliphatic rings. The number of aliphatic imine (C=N–C) groups is 1. The zero-order valence-electron chi connectivity index (χ0n) is 18.6. The van der Waals surface area contributed by atoms with Crippen LogP contribution in [-0.4, -0.2) is 89.8 Å². The van der Waals surface area contributed by atoms with Crippen molar-refractivity contribution in [2.45, 2.75) is 25.7 Å². The van der Waals surface area contributed by atoms with Gasteiger partial charge >= 0.3 is 0 Å². The molecule has 0 saturated carbocycles. The van der Waals surface area contributed by atoms with Crippen LogP contribution >= 0.6 is 24.0 Å². The van der Waals surface area contributed by atoms with Crippen molar-refractivity contribution in [3.63, 3.8) is 0 Å². The molecular weight excluding hydrogens is 511 g/mol. The zero-order chi connectivity index (χ0) is 20.7. The fourth-order valence-electron chi connectivity index (χ4n) is 3.61. The minimum atomic E-state index is 0. The van der Waals surface area contributed by atoms with Crippen molar-refractivity contribution in [1.29, 1.82) is 0 Å². The lowest BCUT2D eigenvalue weighted by Crippen LogP contribution is -2.44. The van der Waals surface area contributed by atoms with Crippen LogP contribution in [0.2, 0.25) is 0 Å². The van der Waals surface area contributed by atoms with E-state index in [-0.39, 0.29) is 24.0 Å².